The van der Waals surface area contributed by atoms with E-state index in [0.29, 0.717) is 5.69 Å². The Bertz CT molecular complexity index is 728. The van der Waals surface area contributed by atoms with E-state index in [1.165, 1.54) is 6.20 Å². The van der Waals surface area contributed by atoms with Gasteiger partial charge in [-0.3, -0.25) is 14.8 Å². The van der Waals surface area contributed by atoms with Crippen molar-refractivity contribution >= 4 is 10.8 Å². The molecule has 0 aliphatic rings. The monoisotopic (exact) mass is 223 g/mol. The first-order valence-electron chi connectivity index (χ1n) is 5.22. The number of fused-ring (bicyclic) bond motifs is 1. The van der Waals surface area contributed by atoms with Crippen LogP contribution in [-0.4, -0.2) is 15.0 Å². The maximum Gasteiger partial charge on any atom is 0.266 e. The first-order valence-corrected chi connectivity index (χ1v) is 5.22. The quantitative estimate of drug-likeness (QED) is 0.686. The van der Waals surface area contributed by atoms with Gasteiger partial charge >= 0.3 is 0 Å². The van der Waals surface area contributed by atoms with Crippen LogP contribution in [0.2, 0.25) is 0 Å². The van der Waals surface area contributed by atoms with Gasteiger partial charge in [-0.2, -0.15) is 0 Å². The van der Waals surface area contributed by atoms with E-state index in [-0.39, 0.29) is 5.56 Å². The third-order valence-corrected chi connectivity index (χ3v) is 2.61. The molecule has 17 heavy (non-hydrogen) atoms. The van der Waals surface area contributed by atoms with Gasteiger partial charge in [-0.15, -0.1) is 0 Å². The molecule has 2 heterocycles. The van der Waals surface area contributed by atoms with E-state index in [2.05, 4.69) is 15.0 Å². The average Bonchev–Trinajstić information content (AvgIpc) is 2.38. The number of nitrogens with zero attached hydrogens (tertiary/aromatic N) is 2. The van der Waals surface area contributed by atoms with E-state index in [1.807, 2.05) is 24.3 Å². The summed E-state index contributed by atoms with van der Waals surface area (Å²) in [6, 6.07) is 7.90. The molecule has 0 bridgehead atoms. The number of aromatic amines is 1. The zero-order valence-electron chi connectivity index (χ0n) is 8.92. The Morgan fingerprint density at radius 3 is 2.65 bits per heavy atom. The molecule has 0 aliphatic carbocycles. The summed E-state index contributed by atoms with van der Waals surface area (Å²) in [4.78, 5) is 22.1. The highest BCUT2D eigenvalue weighted by molar-refractivity contribution is 5.94. The Labute approximate surface area is 97.0 Å². The van der Waals surface area contributed by atoms with Crippen molar-refractivity contribution < 1.29 is 0 Å². The van der Waals surface area contributed by atoms with Crippen LogP contribution in [0.1, 0.15) is 0 Å². The van der Waals surface area contributed by atoms with Gasteiger partial charge in [0, 0.05) is 23.3 Å². The maximum absolute atomic E-state index is 11.3. The fraction of sp³-hybridized carbons (Fsp3) is 0. The van der Waals surface area contributed by atoms with Crippen molar-refractivity contribution in [1.82, 2.24) is 15.0 Å². The van der Waals surface area contributed by atoms with E-state index in [1.54, 1.807) is 18.6 Å². The van der Waals surface area contributed by atoms with Crippen LogP contribution in [0.4, 0.5) is 0 Å². The molecule has 3 aromatic rings. The van der Waals surface area contributed by atoms with E-state index < -0.39 is 0 Å². The van der Waals surface area contributed by atoms with Gasteiger partial charge in [-0.25, -0.2) is 0 Å². The van der Waals surface area contributed by atoms with Crippen molar-refractivity contribution in [3.8, 4) is 11.3 Å². The SMILES string of the molecule is O=c1cncc(-c2cncc3ccccc23)[nH]1. The standard InChI is InChI=1S/C13H9N3O/c17-13-8-15-7-12(16-13)11-6-14-5-9-3-1-2-4-10(9)11/h1-8H,(H,16,17). The summed E-state index contributed by atoms with van der Waals surface area (Å²) in [6.45, 7) is 0. The second-order valence-corrected chi connectivity index (χ2v) is 3.72. The summed E-state index contributed by atoms with van der Waals surface area (Å²) < 4.78 is 0. The molecular weight excluding hydrogens is 214 g/mol. The second kappa shape index (κ2) is 3.83. The number of hydrogen-bond donors (Lipinski definition) is 1. The molecule has 0 aliphatic heterocycles. The molecule has 1 N–H and O–H groups in total. The normalized spacial score (nSPS) is 10.6. The van der Waals surface area contributed by atoms with Crippen molar-refractivity contribution in [2.24, 2.45) is 0 Å². The number of rotatable bonds is 1. The lowest BCUT2D eigenvalue weighted by Crippen LogP contribution is -2.05. The molecule has 0 saturated carbocycles. The molecule has 3 rings (SSSR count). The molecule has 4 heteroatoms. The number of H-pyrrole nitrogens is 1. The van der Waals surface area contributed by atoms with E-state index >= 15 is 0 Å². The van der Waals surface area contributed by atoms with Gasteiger partial charge in [0.05, 0.1) is 18.1 Å². The maximum atomic E-state index is 11.3. The summed E-state index contributed by atoms with van der Waals surface area (Å²) in [5, 5.41) is 2.08. The van der Waals surface area contributed by atoms with Crippen LogP contribution in [0.3, 0.4) is 0 Å². The van der Waals surface area contributed by atoms with Gasteiger partial charge in [0.2, 0.25) is 0 Å². The highest BCUT2D eigenvalue weighted by Crippen LogP contribution is 2.24. The van der Waals surface area contributed by atoms with Gasteiger partial charge in [0.25, 0.3) is 5.56 Å². The minimum Gasteiger partial charge on any atom is -0.319 e. The molecule has 0 radical (unpaired) electrons. The number of aromatic nitrogens is 3. The molecule has 4 nitrogen and oxygen atoms in total. The Hall–Kier alpha value is -2.49. The lowest BCUT2D eigenvalue weighted by Gasteiger charge is -2.04. The van der Waals surface area contributed by atoms with Crippen LogP contribution in [0, 0.1) is 0 Å². The Balaban J connectivity index is 2.34. The van der Waals surface area contributed by atoms with Crippen molar-refractivity contribution in [1.29, 1.82) is 0 Å². The Morgan fingerprint density at radius 2 is 1.76 bits per heavy atom. The van der Waals surface area contributed by atoms with Crippen LogP contribution >= 0.6 is 0 Å². The fourth-order valence-electron chi connectivity index (χ4n) is 1.84. The van der Waals surface area contributed by atoms with Crippen LogP contribution in [0.25, 0.3) is 22.0 Å². The zero-order chi connectivity index (χ0) is 11.7. The van der Waals surface area contributed by atoms with Crippen molar-refractivity contribution in [2.45, 2.75) is 0 Å². The number of hydrogen-bond acceptors (Lipinski definition) is 3. The number of benzene rings is 1. The van der Waals surface area contributed by atoms with Gasteiger partial charge in [0.1, 0.15) is 0 Å². The summed E-state index contributed by atoms with van der Waals surface area (Å²) in [5.41, 5.74) is 1.35. The Morgan fingerprint density at radius 1 is 0.941 bits per heavy atom. The fourth-order valence-corrected chi connectivity index (χ4v) is 1.84. The minimum absolute atomic E-state index is 0.213. The van der Waals surface area contributed by atoms with Crippen LogP contribution in [-0.2, 0) is 0 Å². The highest BCUT2D eigenvalue weighted by Gasteiger charge is 2.04. The zero-order valence-corrected chi connectivity index (χ0v) is 8.92. The predicted molar refractivity (Wildman–Crippen MR) is 65.6 cm³/mol. The number of pyridine rings is 1. The minimum atomic E-state index is -0.213. The molecule has 82 valence electrons. The molecule has 0 amide bonds. The van der Waals surface area contributed by atoms with Gasteiger partial charge in [-0.05, 0) is 5.39 Å². The predicted octanol–water partition coefficient (Wildman–Crippen LogP) is 1.99. The highest BCUT2D eigenvalue weighted by atomic mass is 16.1. The largest absolute Gasteiger partial charge is 0.319 e. The molecule has 2 aromatic heterocycles. The van der Waals surface area contributed by atoms with E-state index in [9.17, 15) is 4.79 Å². The third-order valence-electron chi connectivity index (χ3n) is 2.61. The van der Waals surface area contributed by atoms with Crippen molar-refractivity contribution in [2.75, 3.05) is 0 Å². The van der Waals surface area contributed by atoms with Gasteiger partial charge in [0.15, 0.2) is 0 Å². The second-order valence-electron chi connectivity index (χ2n) is 3.72. The molecule has 0 saturated heterocycles. The molecule has 0 fully saturated rings. The smallest absolute Gasteiger partial charge is 0.266 e. The van der Waals surface area contributed by atoms with Crippen LogP contribution < -0.4 is 5.56 Å². The summed E-state index contributed by atoms with van der Waals surface area (Å²) >= 11 is 0. The molecule has 1 aromatic carbocycles. The summed E-state index contributed by atoms with van der Waals surface area (Å²) in [7, 11) is 0. The van der Waals surface area contributed by atoms with Crippen molar-refractivity contribution in [3.05, 3.63) is 59.4 Å². The summed E-state index contributed by atoms with van der Waals surface area (Å²) in [6.07, 6.45) is 6.41. The Kier molecular flexibility index (Phi) is 2.19. The van der Waals surface area contributed by atoms with Crippen LogP contribution in [0.5, 0.6) is 0 Å². The molecule has 0 spiro atoms. The average molecular weight is 223 g/mol. The first-order chi connectivity index (χ1) is 8.34. The van der Waals surface area contributed by atoms with Gasteiger partial charge in [-0.1, -0.05) is 24.3 Å². The van der Waals surface area contributed by atoms with Gasteiger partial charge < -0.3 is 4.98 Å². The van der Waals surface area contributed by atoms with Crippen LogP contribution in [0.15, 0.2) is 53.8 Å². The molecule has 0 atom stereocenters. The molecule has 0 unspecified atom stereocenters. The summed E-state index contributed by atoms with van der Waals surface area (Å²) in [5.74, 6) is 0. The number of nitrogens with one attached hydrogen (secondary N) is 1. The first kappa shape index (κ1) is 9.72. The topological polar surface area (TPSA) is 58.6 Å². The van der Waals surface area contributed by atoms with Crippen molar-refractivity contribution in [3.63, 3.8) is 0 Å². The van der Waals surface area contributed by atoms with E-state index in [0.717, 1.165) is 16.3 Å². The lowest BCUT2D eigenvalue weighted by molar-refractivity contribution is 1.14. The molecular formula is C13H9N3O. The van der Waals surface area contributed by atoms with E-state index in [4.69, 9.17) is 0 Å². The third kappa shape index (κ3) is 1.69. The lowest BCUT2D eigenvalue weighted by atomic mass is 10.1.